The fraction of sp³-hybridized carbons (Fsp3) is 0.500. The highest BCUT2D eigenvalue weighted by Crippen LogP contribution is 2.26. The zero-order valence-electron chi connectivity index (χ0n) is 11.5. The molecule has 1 aromatic rings. The number of piperidine rings is 1. The van der Waals surface area contributed by atoms with Gasteiger partial charge < -0.3 is 10.6 Å². The molecule has 0 aromatic heterocycles. The van der Waals surface area contributed by atoms with Crippen LogP contribution in [0.25, 0.3) is 0 Å². The molecule has 0 aliphatic carbocycles. The van der Waals surface area contributed by atoms with Crippen LogP contribution in [0.1, 0.15) is 43.0 Å². The van der Waals surface area contributed by atoms with Crippen molar-refractivity contribution >= 4 is 17.3 Å². The number of carbonyl (C=O) groups excluding carboxylic acids is 1. The molecule has 1 heterocycles. The molecule has 2 N–H and O–H groups in total. The van der Waals surface area contributed by atoms with E-state index in [-0.39, 0.29) is 23.3 Å². The lowest BCUT2D eigenvalue weighted by molar-refractivity contribution is -0.383. The summed E-state index contributed by atoms with van der Waals surface area (Å²) in [5.41, 5.74) is 5.94. The van der Waals surface area contributed by atoms with Gasteiger partial charge in [-0.15, -0.1) is 0 Å². The van der Waals surface area contributed by atoms with Crippen molar-refractivity contribution in [2.24, 2.45) is 0 Å². The van der Waals surface area contributed by atoms with Gasteiger partial charge in [0.25, 0.3) is 11.6 Å². The maximum absolute atomic E-state index is 12.5. The predicted molar refractivity (Wildman–Crippen MR) is 76.5 cm³/mol. The first-order valence-electron chi connectivity index (χ1n) is 6.89. The van der Waals surface area contributed by atoms with Gasteiger partial charge in [-0.05, 0) is 37.8 Å². The van der Waals surface area contributed by atoms with E-state index in [0.29, 0.717) is 5.56 Å². The van der Waals surface area contributed by atoms with Crippen LogP contribution in [-0.2, 0) is 0 Å². The van der Waals surface area contributed by atoms with Crippen molar-refractivity contribution < 1.29 is 9.72 Å². The van der Waals surface area contributed by atoms with Crippen LogP contribution in [0, 0.1) is 10.1 Å². The van der Waals surface area contributed by atoms with Crippen LogP contribution in [0.3, 0.4) is 0 Å². The van der Waals surface area contributed by atoms with E-state index in [0.717, 1.165) is 32.2 Å². The zero-order valence-corrected chi connectivity index (χ0v) is 11.5. The van der Waals surface area contributed by atoms with Crippen molar-refractivity contribution in [3.63, 3.8) is 0 Å². The Morgan fingerprint density at radius 3 is 2.85 bits per heavy atom. The molecule has 1 unspecified atom stereocenters. The highest BCUT2D eigenvalue weighted by atomic mass is 16.6. The summed E-state index contributed by atoms with van der Waals surface area (Å²) in [6, 6.07) is 4.45. The summed E-state index contributed by atoms with van der Waals surface area (Å²) in [7, 11) is 0. The minimum Gasteiger partial charge on any atom is -0.393 e. The smallest absolute Gasteiger partial charge is 0.292 e. The number of benzene rings is 1. The molecule has 1 aromatic carbocycles. The number of nitro benzene ring substituents is 1. The average molecular weight is 277 g/mol. The molecule has 1 fully saturated rings. The van der Waals surface area contributed by atoms with Gasteiger partial charge in [0.2, 0.25) is 0 Å². The van der Waals surface area contributed by atoms with Gasteiger partial charge >= 0.3 is 0 Å². The lowest BCUT2D eigenvalue weighted by atomic mass is 9.98. The third-order valence-corrected chi connectivity index (χ3v) is 3.83. The molecule has 0 saturated carbocycles. The van der Waals surface area contributed by atoms with Gasteiger partial charge in [-0.1, -0.05) is 6.92 Å². The maximum Gasteiger partial charge on any atom is 0.292 e. The first kappa shape index (κ1) is 14.3. The Morgan fingerprint density at radius 2 is 2.25 bits per heavy atom. The van der Waals surface area contributed by atoms with E-state index in [4.69, 9.17) is 5.73 Å². The topological polar surface area (TPSA) is 89.5 Å². The molecule has 1 amide bonds. The number of nitrogens with two attached hydrogens (primary N) is 1. The van der Waals surface area contributed by atoms with Crippen LogP contribution < -0.4 is 5.73 Å². The number of carbonyl (C=O) groups is 1. The van der Waals surface area contributed by atoms with Crippen molar-refractivity contribution in [1.82, 2.24) is 4.90 Å². The summed E-state index contributed by atoms with van der Waals surface area (Å²) in [4.78, 5) is 24.6. The van der Waals surface area contributed by atoms with E-state index in [2.05, 4.69) is 6.92 Å². The number of likely N-dealkylation sites (tertiary alicyclic amines) is 1. The Kier molecular flexibility index (Phi) is 4.22. The molecule has 20 heavy (non-hydrogen) atoms. The summed E-state index contributed by atoms with van der Waals surface area (Å²) in [6.45, 7) is 2.81. The van der Waals surface area contributed by atoms with Crippen molar-refractivity contribution in [3.05, 3.63) is 33.9 Å². The SMILES string of the molecule is CCC1CCCCN1C(=O)c1ccc([N+](=O)[O-])c(N)c1. The normalized spacial score (nSPS) is 18.9. The minimum absolute atomic E-state index is 0.0332. The number of nitrogen functional groups attached to an aromatic ring is 1. The highest BCUT2D eigenvalue weighted by Gasteiger charge is 2.27. The Bertz CT molecular complexity index is 530. The minimum atomic E-state index is -0.542. The van der Waals surface area contributed by atoms with Gasteiger partial charge in [0.1, 0.15) is 5.69 Å². The third kappa shape index (κ3) is 2.74. The van der Waals surface area contributed by atoms with Crippen LogP contribution in [0.5, 0.6) is 0 Å². The van der Waals surface area contributed by atoms with Crippen molar-refractivity contribution in [1.29, 1.82) is 0 Å². The summed E-state index contributed by atoms with van der Waals surface area (Å²) in [6.07, 6.45) is 4.09. The predicted octanol–water partition coefficient (Wildman–Crippen LogP) is 2.58. The van der Waals surface area contributed by atoms with Crippen molar-refractivity contribution in [2.75, 3.05) is 12.3 Å². The molecule has 1 aliphatic heterocycles. The fourth-order valence-corrected chi connectivity index (χ4v) is 2.71. The summed E-state index contributed by atoms with van der Waals surface area (Å²) < 4.78 is 0. The lowest BCUT2D eigenvalue weighted by Gasteiger charge is -2.35. The summed E-state index contributed by atoms with van der Waals surface area (Å²) >= 11 is 0. The Labute approximate surface area is 117 Å². The second kappa shape index (κ2) is 5.90. The van der Waals surface area contributed by atoms with Crippen LogP contribution in [0.2, 0.25) is 0 Å². The van der Waals surface area contributed by atoms with Crippen LogP contribution >= 0.6 is 0 Å². The number of rotatable bonds is 3. The van der Waals surface area contributed by atoms with Crippen LogP contribution in [0.4, 0.5) is 11.4 Å². The monoisotopic (exact) mass is 277 g/mol. The molecule has 2 rings (SSSR count). The van der Waals surface area contributed by atoms with E-state index in [1.807, 2.05) is 4.90 Å². The Morgan fingerprint density at radius 1 is 1.50 bits per heavy atom. The van der Waals surface area contributed by atoms with Gasteiger partial charge in [0.05, 0.1) is 4.92 Å². The van der Waals surface area contributed by atoms with Gasteiger partial charge in [0.15, 0.2) is 0 Å². The molecule has 1 aliphatic rings. The van der Waals surface area contributed by atoms with Gasteiger partial charge in [-0.25, -0.2) is 0 Å². The van der Waals surface area contributed by atoms with E-state index < -0.39 is 4.92 Å². The van der Waals surface area contributed by atoms with E-state index in [1.165, 1.54) is 18.2 Å². The number of nitro groups is 1. The molecule has 0 bridgehead atoms. The van der Waals surface area contributed by atoms with Crippen molar-refractivity contribution in [2.45, 2.75) is 38.6 Å². The maximum atomic E-state index is 12.5. The molecule has 0 radical (unpaired) electrons. The molecular formula is C14H19N3O3. The second-order valence-corrected chi connectivity index (χ2v) is 5.09. The average Bonchev–Trinajstić information content (AvgIpc) is 2.45. The van der Waals surface area contributed by atoms with E-state index in [9.17, 15) is 14.9 Å². The van der Waals surface area contributed by atoms with Crippen LogP contribution in [0.15, 0.2) is 18.2 Å². The Balaban J connectivity index is 2.24. The number of hydrogen-bond donors (Lipinski definition) is 1. The molecule has 108 valence electrons. The van der Waals surface area contributed by atoms with Gasteiger partial charge in [-0.2, -0.15) is 0 Å². The number of anilines is 1. The van der Waals surface area contributed by atoms with Crippen LogP contribution in [-0.4, -0.2) is 28.3 Å². The third-order valence-electron chi connectivity index (χ3n) is 3.83. The lowest BCUT2D eigenvalue weighted by Crippen LogP contribution is -2.43. The van der Waals surface area contributed by atoms with Crippen molar-refractivity contribution in [3.8, 4) is 0 Å². The highest BCUT2D eigenvalue weighted by molar-refractivity contribution is 5.96. The quantitative estimate of drug-likeness (QED) is 0.522. The first-order chi connectivity index (χ1) is 9.54. The number of amides is 1. The molecule has 1 saturated heterocycles. The molecule has 1 atom stereocenters. The van der Waals surface area contributed by atoms with E-state index >= 15 is 0 Å². The zero-order chi connectivity index (χ0) is 14.7. The summed E-state index contributed by atoms with van der Waals surface area (Å²) in [5, 5.41) is 10.7. The van der Waals surface area contributed by atoms with E-state index in [1.54, 1.807) is 0 Å². The number of hydrogen-bond acceptors (Lipinski definition) is 4. The Hall–Kier alpha value is -2.11. The van der Waals surface area contributed by atoms with Gasteiger partial charge in [-0.3, -0.25) is 14.9 Å². The molecule has 0 spiro atoms. The largest absolute Gasteiger partial charge is 0.393 e. The molecule has 6 heteroatoms. The number of nitrogens with zero attached hydrogens (tertiary/aromatic N) is 2. The standard InChI is InChI=1S/C14H19N3O3/c1-2-11-5-3-4-8-16(11)14(18)10-6-7-13(17(19)20)12(15)9-10/h6-7,9,11H,2-5,8,15H2,1H3. The molecule has 6 nitrogen and oxygen atoms in total. The fourth-order valence-electron chi connectivity index (χ4n) is 2.71. The second-order valence-electron chi connectivity index (χ2n) is 5.09. The first-order valence-corrected chi connectivity index (χ1v) is 6.89. The summed E-state index contributed by atoms with van der Waals surface area (Å²) in [5.74, 6) is -0.0850. The van der Waals surface area contributed by atoms with Gasteiger partial charge in [0, 0.05) is 24.2 Å². The molecular weight excluding hydrogens is 258 g/mol.